The number of ketones is 1. The third kappa shape index (κ3) is 4.02. The first-order valence-electron chi connectivity index (χ1n) is 9.29. The van der Waals surface area contributed by atoms with Crippen molar-refractivity contribution in [1.82, 2.24) is 4.98 Å². The number of hydrogen-bond donors (Lipinski definition) is 2. The van der Waals surface area contributed by atoms with Gasteiger partial charge in [0.2, 0.25) is 8.32 Å². The van der Waals surface area contributed by atoms with Gasteiger partial charge in [-0.3, -0.25) is 9.59 Å². The molecule has 3 aromatic rings. The van der Waals surface area contributed by atoms with Crippen LogP contribution >= 0.6 is 0 Å². The summed E-state index contributed by atoms with van der Waals surface area (Å²) in [5, 5.41) is 3.49. The predicted octanol–water partition coefficient (Wildman–Crippen LogP) is 5.37. The molecule has 146 valence electrons. The summed E-state index contributed by atoms with van der Waals surface area (Å²) in [6.45, 7) is 10.8. The summed E-state index contributed by atoms with van der Waals surface area (Å²) in [4.78, 5) is 28.1. The Labute approximate surface area is 166 Å². The van der Waals surface area contributed by atoms with Crippen molar-refractivity contribution in [3.05, 3.63) is 60.3 Å². The maximum Gasteiger partial charge on any atom is 0.296 e. The Morgan fingerprint density at radius 2 is 1.75 bits per heavy atom. The molecule has 0 fully saturated rings. The maximum absolute atomic E-state index is 12.6. The van der Waals surface area contributed by atoms with Crippen LogP contribution < -0.4 is 9.74 Å². The molecule has 3 rings (SSSR count). The highest BCUT2D eigenvalue weighted by Gasteiger charge is 2.39. The Kier molecular flexibility index (Phi) is 5.17. The Balaban J connectivity index is 1.77. The van der Waals surface area contributed by atoms with Crippen molar-refractivity contribution >= 4 is 36.6 Å². The molecule has 0 atom stereocenters. The van der Waals surface area contributed by atoms with E-state index in [2.05, 4.69) is 44.2 Å². The number of para-hydroxylation sites is 1. The summed E-state index contributed by atoms with van der Waals surface area (Å²) in [5.41, 5.74) is 1.72. The standard InChI is InChI=1S/C22H26N2O3Si/c1-22(2,3)28(4,5)27-16-10-8-9-15(13-16)24-21(26)20(25)18-14-23-19-12-7-6-11-17(18)19/h6-14,23H,1-5H3,(H,24,26). The number of amides is 1. The highest BCUT2D eigenvalue weighted by molar-refractivity contribution is 6.74. The highest BCUT2D eigenvalue weighted by Crippen LogP contribution is 2.37. The van der Waals surface area contributed by atoms with Gasteiger partial charge in [0.1, 0.15) is 5.75 Å². The monoisotopic (exact) mass is 394 g/mol. The summed E-state index contributed by atoms with van der Waals surface area (Å²) in [6, 6.07) is 14.6. The van der Waals surface area contributed by atoms with E-state index >= 15 is 0 Å². The van der Waals surface area contributed by atoms with Gasteiger partial charge in [-0.05, 0) is 36.3 Å². The van der Waals surface area contributed by atoms with Crippen LogP contribution in [0, 0.1) is 0 Å². The zero-order valence-electron chi connectivity index (χ0n) is 16.9. The molecule has 2 aromatic carbocycles. The highest BCUT2D eigenvalue weighted by atomic mass is 28.4. The summed E-state index contributed by atoms with van der Waals surface area (Å²) in [7, 11) is -1.99. The molecule has 1 aromatic heterocycles. The first-order chi connectivity index (χ1) is 13.1. The van der Waals surface area contributed by atoms with Gasteiger partial charge in [-0.25, -0.2) is 0 Å². The first kappa shape index (κ1) is 19.9. The second-order valence-corrected chi connectivity index (χ2v) is 13.1. The molecule has 0 bridgehead atoms. The van der Waals surface area contributed by atoms with Gasteiger partial charge in [0, 0.05) is 28.9 Å². The van der Waals surface area contributed by atoms with E-state index in [1.165, 1.54) is 0 Å². The lowest BCUT2D eigenvalue weighted by molar-refractivity contribution is -0.112. The lowest BCUT2D eigenvalue weighted by Gasteiger charge is -2.36. The van der Waals surface area contributed by atoms with Crippen LogP contribution in [0.3, 0.4) is 0 Å². The molecule has 0 aliphatic rings. The normalized spacial score (nSPS) is 12.0. The van der Waals surface area contributed by atoms with Gasteiger partial charge in [-0.1, -0.05) is 45.0 Å². The van der Waals surface area contributed by atoms with Crippen LogP contribution in [0.5, 0.6) is 5.75 Å². The van der Waals surface area contributed by atoms with E-state index in [-0.39, 0.29) is 5.04 Å². The number of fused-ring (bicyclic) bond motifs is 1. The fourth-order valence-corrected chi connectivity index (χ4v) is 3.68. The minimum absolute atomic E-state index is 0.0670. The number of carbonyl (C=O) groups is 2. The van der Waals surface area contributed by atoms with Gasteiger partial charge < -0.3 is 14.7 Å². The molecule has 0 radical (unpaired) electrons. The zero-order chi connectivity index (χ0) is 20.5. The van der Waals surface area contributed by atoms with Crippen molar-refractivity contribution in [3.8, 4) is 5.75 Å². The number of anilines is 1. The quantitative estimate of drug-likeness (QED) is 0.347. The van der Waals surface area contributed by atoms with Crippen LogP contribution in [0.15, 0.2) is 54.7 Å². The number of rotatable bonds is 5. The van der Waals surface area contributed by atoms with Crippen LogP contribution in [-0.4, -0.2) is 25.0 Å². The number of nitrogens with one attached hydrogen (secondary N) is 2. The third-order valence-corrected chi connectivity index (χ3v) is 9.67. The number of Topliss-reactive ketones (excluding diaryl/α,β-unsaturated/α-hetero) is 1. The number of hydrogen-bond acceptors (Lipinski definition) is 3. The van der Waals surface area contributed by atoms with E-state index in [1.54, 1.807) is 18.3 Å². The van der Waals surface area contributed by atoms with Crippen molar-refractivity contribution in [3.63, 3.8) is 0 Å². The SMILES string of the molecule is CC(C)(C)[Si](C)(C)Oc1cccc(NC(=O)C(=O)c2c[nH]c3ccccc23)c1. The molecule has 0 saturated heterocycles. The van der Waals surface area contributed by atoms with E-state index in [0.717, 1.165) is 10.9 Å². The molecule has 0 saturated carbocycles. The molecule has 5 nitrogen and oxygen atoms in total. The van der Waals surface area contributed by atoms with Crippen molar-refractivity contribution in [2.75, 3.05) is 5.32 Å². The molecule has 1 heterocycles. The zero-order valence-corrected chi connectivity index (χ0v) is 17.9. The number of H-pyrrole nitrogens is 1. The van der Waals surface area contributed by atoms with Gasteiger partial charge in [0.25, 0.3) is 11.7 Å². The van der Waals surface area contributed by atoms with Crippen molar-refractivity contribution in [2.45, 2.75) is 38.9 Å². The summed E-state index contributed by atoms with van der Waals surface area (Å²) in [6.07, 6.45) is 1.57. The van der Waals surface area contributed by atoms with Gasteiger partial charge in [-0.15, -0.1) is 0 Å². The molecule has 0 unspecified atom stereocenters. The fraction of sp³-hybridized carbons (Fsp3) is 0.273. The van der Waals surface area contributed by atoms with Crippen LogP contribution in [0.4, 0.5) is 5.69 Å². The number of aromatic amines is 1. The molecule has 0 aliphatic heterocycles. The number of carbonyl (C=O) groups excluding carboxylic acids is 2. The van der Waals surface area contributed by atoms with E-state index in [0.29, 0.717) is 17.0 Å². The van der Waals surface area contributed by atoms with E-state index in [1.807, 2.05) is 36.4 Å². The average molecular weight is 395 g/mol. The summed E-state index contributed by atoms with van der Waals surface area (Å²) < 4.78 is 6.28. The van der Waals surface area contributed by atoms with Crippen molar-refractivity contribution in [1.29, 1.82) is 0 Å². The molecule has 0 spiro atoms. The lowest BCUT2D eigenvalue weighted by atomic mass is 10.1. The Hall–Kier alpha value is -2.86. The Morgan fingerprint density at radius 1 is 1.04 bits per heavy atom. The molecule has 28 heavy (non-hydrogen) atoms. The van der Waals surface area contributed by atoms with E-state index in [9.17, 15) is 9.59 Å². The summed E-state index contributed by atoms with van der Waals surface area (Å²) in [5.74, 6) is -0.550. The molecule has 2 N–H and O–H groups in total. The smallest absolute Gasteiger partial charge is 0.296 e. The van der Waals surface area contributed by atoms with Gasteiger partial charge in [0.05, 0.1) is 5.56 Å². The van der Waals surface area contributed by atoms with Crippen molar-refractivity contribution in [2.24, 2.45) is 0 Å². The second-order valence-electron chi connectivity index (χ2n) is 8.42. The third-order valence-electron chi connectivity index (χ3n) is 5.31. The van der Waals surface area contributed by atoms with Crippen LogP contribution in [0.2, 0.25) is 18.1 Å². The molecular formula is C22H26N2O3Si. The maximum atomic E-state index is 12.6. The summed E-state index contributed by atoms with van der Waals surface area (Å²) >= 11 is 0. The van der Waals surface area contributed by atoms with Crippen LogP contribution in [-0.2, 0) is 4.79 Å². The lowest BCUT2D eigenvalue weighted by Crippen LogP contribution is -2.43. The van der Waals surface area contributed by atoms with Gasteiger partial charge in [-0.2, -0.15) is 0 Å². The van der Waals surface area contributed by atoms with Gasteiger partial charge in [0.15, 0.2) is 0 Å². The Bertz CT molecular complexity index is 1030. The van der Waals surface area contributed by atoms with Crippen molar-refractivity contribution < 1.29 is 14.0 Å². The average Bonchev–Trinajstić information content (AvgIpc) is 3.04. The minimum Gasteiger partial charge on any atom is -0.543 e. The topological polar surface area (TPSA) is 71.2 Å². The fourth-order valence-electron chi connectivity index (χ4n) is 2.65. The first-order valence-corrected chi connectivity index (χ1v) is 12.2. The van der Waals surface area contributed by atoms with E-state index < -0.39 is 20.0 Å². The number of aromatic nitrogens is 1. The largest absolute Gasteiger partial charge is 0.543 e. The molecule has 6 heteroatoms. The van der Waals surface area contributed by atoms with E-state index in [4.69, 9.17) is 4.43 Å². The minimum atomic E-state index is -1.99. The van der Waals surface area contributed by atoms with Gasteiger partial charge >= 0.3 is 0 Å². The van der Waals surface area contributed by atoms with Crippen LogP contribution in [0.25, 0.3) is 10.9 Å². The second kappa shape index (κ2) is 7.28. The predicted molar refractivity (Wildman–Crippen MR) is 116 cm³/mol. The Morgan fingerprint density at radius 3 is 2.46 bits per heavy atom. The molecular weight excluding hydrogens is 368 g/mol. The van der Waals surface area contributed by atoms with Crippen LogP contribution in [0.1, 0.15) is 31.1 Å². The molecule has 1 amide bonds. The molecule has 0 aliphatic carbocycles. The number of benzene rings is 2.